The van der Waals surface area contributed by atoms with Gasteiger partial charge in [0.1, 0.15) is 10.7 Å². The van der Waals surface area contributed by atoms with Gasteiger partial charge >= 0.3 is 0 Å². The summed E-state index contributed by atoms with van der Waals surface area (Å²) < 4.78 is 0. The van der Waals surface area contributed by atoms with Gasteiger partial charge in [-0.3, -0.25) is 4.99 Å². The lowest BCUT2D eigenvalue weighted by atomic mass is 10.5. The molecule has 0 bridgehead atoms. The predicted octanol–water partition coefficient (Wildman–Crippen LogP) is 1.44. The molecule has 0 atom stereocenters. The van der Waals surface area contributed by atoms with Crippen molar-refractivity contribution in [3.05, 3.63) is 16.6 Å². The van der Waals surface area contributed by atoms with Gasteiger partial charge in [0.25, 0.3) is 0 Å². The minimum Gasteiger partial charge on any atom is -0.275 e. The molecule has 0 unspecified atom stereocenters. The van der Waals surface area contributed by atoms with Crippen LogP contribution in [-0.2, 0) is 0 Å². The summed E-state index contributed by atoms with van der Waals surface area (Å²) in [4.78, 5) is 8.32. The molecule has 10 heavy (non-hydrogen) atoms. The van der Waals surface area contributed by atoms with Crippen LogP contribution in [0.15, 0.2) is 10.4 Å². The smallest absolute Gasteiger partial charge is 0.152 e. The first-order valence-electron chi connectivity index (χ1n) is 2.96. The van der Waals surface area contributed by atoms with Crippen LogP contribution in [0.3, 0.4) is 0 Å². The Morgan fingerprint density at radius 1 is 1.60 bits per heavy atom. The number of nitrogens with zero attached hydrogens (tertiary/aromatic N) is 2. The first kappa shape index (κ1) is 6.37. The summed E-state index contributed by atoms with van der Waals surface area (Å²) >= 11 is 3.27. The molecule has 1 aliphatic rings. The number of aromatic nitrogens is 1. The Kier molecular flexibility index (Phi) is 1.73. The van der Waals surface area contributed by atoms with E-state index in [1.165, 1.54) is 11.3 Å². The number of rotatable bonds is 1. The molecule has 2 nitrogen and oxygen atoms in total. The van der Waals surface area contributed by atoms with Crippen LogP contribution >= 0.6 is 23.1 Å². The Bertz CT molecular complexity index is 240. The highest BCUT2D eigenvalue weighted by Crippen LogP contribution is 2.18. The maximum atomic E-state index is 4.28. The second-order valence-electron chi connectivity index (χ2n) is 1.86. The highest BCUT2D eigenvalue weighted by Gasteiger charge is 2.10. The van der Waals surface area contributed by atoms with Crippen molar-refractivity contribution in [2.75, 3.05) is 12.3 Å². The van der Waals surface area contributed by atoms with Gasteiger partial charge in [0.2, 0.25) is 0 Å². The zero-order valence-corrected chi connectivity index (χ0v) is 6.84. The van der Waals surface area contributed by atoms with E-state index in [1.807, 2.05) is 5.38 Å². The van der Waals surface area contributed by atoms with E-state index in [1.54, 1.807) is 11.8 Å². The van der Waals surface area contributed by atoms with Crippen molar-refractivity contribution in [2.45, 2.75) is 0 Å². The van der Waals surface area contributed by atoms with Gasteiger partial charge in [-0.25, -0.2) is 4.98 Å². The van der Waals surface area contributed by atoms with Crippen molar-refractivity contribution in [3.8, 4) is 0 Å². The van der Waals surface area contributed by atoms with E-state index < -0.39 is 0 Å². The Balaban J connectivity index is 2.28. The maximum absolute atomic E-state index is 4.28. The summed E-state index contributed by atoms with van der Waals surface area (Å²) in [5.41, 5.74) is 3.80. The lowest BCUT2D eigenvalue weighted by Gasteiger charge is -1.88. The van der Waals surface area contributed by atoms with Crippen molar-refractivity contribution < 1.29 is 0 Å². The highest BCUT2D eigenvalue weighted by molar-refractivity contribution is 8.14. The lowest BCUT2D eigenvalue weighted by molar-refractivity contribution is 1.17. The third-order valence-electron chi connectivity index (χ3n) is 1.19. The molecule has 0 fully saturated rings. The van der Waals surface area contributed by atoms with E-state index in [-0.39, 0.29) is 0 Å². The topological polar surface area (TPSA) is 25.2 Å². The van der Waals surface area contributed by atoms with Crippen molar-refractivity contribution in [1.29, 1.82) is 0 Å². The molecule has 4 heteroatoms. The fraction of sp³-hybridized carbons (Fsp3) is 0.333. The van der Waals surface area contributed by atoms with Crippen LogP contribution in [-0.4, -0.2) is 22.3 Å². The van der Waals surface area contributed by atoms with Crippen LogP contribution in [0, 0.1) is 5.51 Å². The number of thiazole rings is 1. The minimum atomic E-state index is 0.942. The summed E-state index contributed by atoms with van der Waals surface area (Å²) in [6.45, 7) is 0.942. The van der Waals surface area contributed by atoms with E-state index in [9.17, 15) is 0 Å². The van der Waals surface area contributed by atoms with Crippen molar-refractivity contribution in [1.82, 2.24) is 4.98 Å². The van der Waals surface area contributed by atoms with Crippen LogP contribution < -0.4 is 0 Å². The molecule has 2 heterocycles. The van der Waals surface area contributed by atoms with Crippen LogP contribution in [0.4, 0.5) is 0 Å². The summed E-state index contributed by atoms with van der Waals surface area (Å²) in [5, 5.41) is 3.06. The van der Waals surface area contributed by atoms with E-state index in [4.69, 9.17) is 0 Å². The van der Waals surface area contributed by atoms with Gasteiger partial charge in [-0.05, 0) is 0 Å². The molecule has 1 aliphatic heterocycles. The standard InChI is InChI=1S/C6H5N2S2/c1-2-10-6(7-1)5-3-9-4-8-5/h3H,1-2H2. The van der Waals surface area contributed by atoms with Gasteiger partial charge in [-0.15, -0.1) is 23.1 Å². The zero-order chi connectivity index (χ0) is 6.81. The molecule has 1 aromatic heterocycles. The fourth-order valence-corrected chi connectivity index (χ4v) is 2.14. The number of thioether (sulfide) groups is 1. The Morgan fingerprint density at radius 3 is 3.20 bits per heavy atom. The number of aliphatic imine (C=N–C) groups is 1. The molecule has 0 aromatic carbocycles. The first-order valence-corrected chi connectivity index (χ1v) is 4.82. The van der Waals surface area contributed by atoms with E-state index in [0.29, 0.717) is 0 Å². The second kappa shape index (κ2) is 2.72. The van der Waals surface area contributed by atoms with Crippen LogP contribution in [0.5, 0.6) is 0 Å². The van der Waals surface area contributed by atoms with Crippen molar-refractivity contribution in [2.24, 2.45) is 4.99 Å². The predicted molar refractivity (Wildman–Crippen MR) is 44.8 cm³/mol. The van der Waals surface area contributed by atoms with Crippen LogP contribution in [0.25, 0.3) is 0 Å². The van der Waals surface area contributed by atoms with Crippen LogP contribution in [0.2, 0.25) is 0 Å². The highest BCUT2D eigenvalue weighted by atomic mass is 32.2. The third kappa shape index (κ3) is 1.09. The Morgan fingerprint density at radius 2 is 2.60 bits per heavy atom. The molecule has 0 N–H and O–H groups in total. The van der Waals surface area contributed by atoms with Gasteiger partial charge in [0, 0.05) is 17.7 Å². The molecular formula is C6H5N2S2. The molecule has 1 radical (unpaired) electrons. The maximum Gasteiger partial charge on any atom is 0.152 e. The average molecular weight is 169 g/mol. The normalized spacial score (nSPS) is 17.4. The van der Waals surface area contributed by atoms with Gasteiger partial charge < -0.3 is 0 Å². The second-order valence-corrected chi connectivity index (χ2v) is 3.60. The van der Waals surface area contributed by atoms with E-state index in [2.05, 4.69) is 15.5 Å². The number of hydrogen-bond acceptors (Lipinski definition) is 4. The summed E-state index contributed by atoms with van der Waals surface area (Å²) in [5.74, 6) is 1.10. The lowest BCUT2D eigenvalue weighted by Crippen LogP contribution is -1.89. The molecule has 0 saturated heterocycles. The molecule has 2 rings (SSSR count). The average Bonchev–Trinajstić information content (AvgIpc) is 2.59. The summed E-state index contributed by atoms with van der Waals surface area (Å²) in [6, 6.07) is 0. The Labute approximate surface area is 67.4 Å². The quantitative estimate of drug-likeness (QED) is 0.635. The van der Waals surface area contributed by atoms with Gasteiger partial charge in [-0.2, -0.15) is 0 Å². The Hall–Kier alpha value is -0.350. The molecule has 0 aliphatic carbocycles. The van der Waals surface area contributed by atoms with E-state index in [0.717, 1.165) is 23.0 Å². The van der Waals surface area contributed by atoms with E-state index >= 15 is 0 Å². The van der Waals surface area contributed by atoms with Crippen LogP contribution in [0.1, 0.15) is 5.69 Å². The number of hydrogen-bond donors (Lipinski definition) is 0. The van der Waals surface area contributed by atoms with Crippen molar-refractivity contribution in [3.63, 3.8) is 0 Å². The summed E-state index contributed by atoms with van der Waals surface area (Å²) in [7, 11) is 0. The largest absolute Gasteiger partial charge is 0.275 e. The van der Waals surface area contributed by atoms with Gasteiger partial charge in [0.05, 0.1) is 0 Å². The molecule has 0 spiro atoms. The first-order chi connectivity index (χ1) is 4.97. The minimum absolute atomic E-state index is 0.942. The fourth-order valence-electron chi connectivity index (χ4n) is 0.772. The van der Waals surface area contributed by atoms with Crippen molar-refractivity contribution >= 4 is 28.1 Å². The van der Waals surface area contributed by atoms with Gasteiger partial charge in [-0.1, -0.05) is 0 Å². The molecular weight excluding hydrogens is 164 g/mol. The molecule has 0 amide bonds. The molecule has 0 saturated carbocycles. The monoisotopic (exact) mass is 169 g/mol. The zero-order valence-electron chi connectivity index (χ0n) is 5.20. The third-order valence-corrected chi connectivity index (χ3v) is 2.73. The molecule has 51 valence electrons. The SMILES string of the molecule is [c]1nc(C2=NCCS2)cs1. The van der Waals surface area contributed by atoms with Gasteiger partial charge in [0.15, 0.2) is 5.51 Å². The molecule has 1 aromatic rings. The summed E-state index contributed by atoms with van der Waals surface area (Å²) in [6.07, 6.45) is 0.